The Kier molecular flexibility index (Phi) is 6.85. The molecule has 2 N–H and O–H groups in total. The van der Waals surface area contributed by atoms with Gasteiger partial charge in [0.15, 0.2) is 17.4 Å². The first-order chi connectivity index (χ1) is 16.7. The van der Waals surface area contributed by atoms with E-state index in [9.17, 15) is 18.0 Å². The Morgan fingerprint density at radius 2 is 2.00 bits per heavy atom. The van der Waals surface area contributed by atoms with E-state index in [1.165, 1.54) is 32.2 Å². The molecular weight excluding hydrogens is 467 g/mol. The number of ether oxygens (including phenoxy) is 2. The van der Waals surface area contributed by atoms with Crippen molar-refractivity contribution in [1.29, 1.82) is 0 Å². The molecule has 184 valence electrons. The SMILES string of the molecule is COc1c(NC(C)=O)nnc(N2CC[C@@H](Nc3cccnn3)C2)c1-c1cccc(OC(F)(F)F)c1. The van der Waals surface area contributed by atoms with E-state index >= 15 is 0 Å². The molecule has 1 aromatic carbocycles. The van der Waals surface area contributed by atoms with Crippen LogP contribution in [0.5, 0.6) is 11.5 Å². The van der Waals surface area contributed by atoms with Crippen molar-refractivity contribution < 1.29 is 27.4 Å². The number of aromatic nitrogens is 4. The first-order valence-electron chi connectivity index (χ1n) is 10.6. The van der Waals surface area contributed by atoms with Crippen LogP contribution in [-0.4, -0.2) is 58.9 Å². The van der Waals surface area contributed by atoms with Crippen molar-refractivity contribution in [3.05, 3.63) is 42.6 Å². The molecule has 2 aromatic heterocycles. The molecule has 1 atom stereocenters. The molecule has 10 nitrogen and oxygen atoms in total. The third-order valence-corrected chi connectivity index (χ3v) is 5.18. The smallest absolute Gasteiger partial charge is 0.492 e. The summed E-state index contributed by atoms with van der Waals surface area (Å²) in [5, 5.41) is 22.2. The minimum atomic E-state index is -4.85. The lowest BCUT2D eigenvalue weighted by atomic mass is 10.0. The number of alkyl halides is 3. The van der Waals surface area contributed by atoms with Crippen molar-refractivity contribution in [2.75, 3.05) is 35.7 Å². The average Bonchev–Trinajstić information content (AvgIpc) is 3.26. The van der Waals surface area contributed by atoms with Gasteiger partial charge in [0.25, 0.3) is 0 Å². The highest BCUT2D eigenvalue weighted by Gasteiger charge is 2.32. The number of rotatable bonds is 7. The maximum absolute atomic E-state index is 12.8. The van der Waals surface area contributed by atoms with Gasteiger partial charge in [0.2, 0.25) is 5.91 Å². The summed E-state index contributed by atoms with van der Waals surface area (Å²) in [7, 11) is 1.38. The standard InChI is InChI=1S/C22H22F3N7O3/c1-13(33)27-20-19(34-2)18(14-5-3-6-16(11-14)35-22(23,24)25)21(31-30-20)32-10-8-15(12-32)28-17-7-4-9-26-29-17/h3-7,9,11,15H,8,10,12H2,1-2H3,(H,28,29)(H,27,30,33)/t15-/m1/s1. The number of nitrogens with zero attached hydrogens (tertiary/aromatic N) is 5. The maximum atomic E-state index is 12.8. The van der Waals surface area contributed by atoms with Gasteiger partial charge in [-0.25, -0.2) is 0 Å². The van der Waals surface area contributed by atoms with Crippen LogP contribution in [0.25, 0.3) is 11.1 Å². The van der Waals surface area contributed by atoms with E-state index in [1.54, 1.807) is 24.4 Å². The number of hydrogen-bond donors (Lipinski definition) is 2. The number of hydrogen-bond acceptors (Lipinski definition) is 9. The molecule has 3 aromatic rings. The van der Waals surface area contributed by atoms with Crippen LogP contribution in [0, 0.1) is 0 Å². The molecule has 0 spiro atoms. The number of carbonyl (C=O) groups excluding carboxylic acids is 1. The lowest BCUT2D eigenvalue weighted by Crippen LogP contribution is -2.28. The quantitative estimate of drug-likeness (QED) is 0.515. The van der Waals surface area contributed by atoms with Crippen LogP contribution in [0.3, 0.4) is 0 Å². The summed E-state index contributed by atoms with van der Waals surface area (Å²) in [4.78, 5) is 13.6. The van der Waals surface area contributed by atoms with Crippen molar-refractivity contribution in [1.82, 2.24) is 20.4 Å². The van der Waals surface area contributed by atoms with Crippen molar-refractivity contribution >= 4 is 23.4 Å². The lowest BCUT2D eigenvalue weighted by molar-refractivity contribution is -0.274. The summed E-state index contributed by atoms with van der Waals surface area (Å²) in [5.41, 5.74) is 0.726. The molecule has 1 saturated heterocycles. The Labute approximate surface area is 198 Å². The zero-order valence-corrected chi connectivity index (χ0v) is 18.8. The number of anilines is 3. The van der Waals surface area contributed by atoms with E-state index in [1.807, 2.05) is 4.90 Å². The topological polar surface area (TPSA) is 114 Å². The van der Waals surface area contributed by atoms with Gasteiger partial charge in [-0.3, -0.25) is 4.79 Å². The Bertz CT molecular complexity index is 1190. The van der Waals surface area contributed by atoms with E-state index in [4.69, 9.17) is 4.74 Å². The van der Waals surface area contributed by atoms with E-state index in [0.29, 0.717) is 35.9 Å². The average molecular weight is 489 g/mol. The van der Waals surface area contributed by atoms with Gasteiger partial charge >= 0.3 is 6.36 Å². The summed E-state index contributed by atoms with van der Waals surface area (Å²) < 4.78 is 48.2. The minimum Gasteiger partial charge on any atom is -0.492 e. The predicted molar refractivity (Wildman–Crippen MR) is 121 cm³/mol. The van der Waals surface area contributed by atoms with E-state index in [2.05, 4.69) is 35.8 Å². The fourth-order valence-electron chi connectivity index (χ4n) is 3.85. The fourth-order valence-corrected chi connectivity index (χ4v) is 3.85. The van der Waals surface area contributed by atoms with Gasteiger partial charge in [-0.15, -0.1) is 28.5 Å². The molecule has 13 heteroatoms. The number of carbonyl (C=O) groups is 1. The van der Waals surface area contributed by atoms with Crippen molar-refractivity contribution in [3.63, 3.8) is 0 Å². The van der Waals surface area contributed by atoms with Gasteiger partial charge in [-0.1, -0.05) is 12.1 Å². The van der Waals surface area contributed by atoms with Crippen LogP contribution in [0.1, 0.15) is 13.3 Å². The Morgan fingerprint density at radius 1 is 1.17 bits per heavy atom. The first-order valence-corrected chi connectivity index (χ1v) is 10.6. The molecule has 0 saturated carbocycles. The van der Waals surface area contributed by atoms with Gasteiger partial charge in [0, 0.05) is 32.3 Å². The van der Waals surface area contributed by atoms with E-state index < -0.39 is 18.0 Å². The third kappa shape index (κ3) is 5.86. The normalized spacial score (nSPS) is 15.6. The Hall–Kier alpha value is -4.16. The van der Waals surface area contributed by atoms with Crippen LogP contribution in [0.2, 0.25) is 0 Å². The zero-order valence-electron chi connectivity index (χ0n) is 18.8. The Morgan fingerprint density at radius 3 is 2.69 bits per heavy atom. The first kappa shape index (κ1) is 24.0. The van der Waals surface area contributed by atoms with Gasteiger partial charge in [-0.05, 0) is 36.2 Å². The predicted octanol–water partition coefficient (Wildman–Crippen LogP) is 3.49. The molecule has 0 radical (unpaired) electrons. The third-order valence-electron chi connectivity index (χ3n) is 5.18. The van der Waals surface area contributed by atoms with Gasteiger partial charge in [0.05, 0.1) is 12.7 Å². The van der Waals surface area contributed by atoms with E-state index in [0.717, 1.165) is 6.42 Å². The molecule has 1 amide bonds. The highest BCUT2D eigenvalue weighted by Crippen LogP contribution is 2.43. The second kappa shape index (κ2) is 9.99. The van der Waals surface area contributed by atoms with Crippen LogP contribution < -0.4 is 25.0 Å². The zero-order chi connectivity index (χ0) is 25.0. The van der Waals surface area contributed by atoms with Gasteiger partial charge in [0.1, 0.15) is 11.6 Å². The number of benzene rings is 1. The van der Waals surface area contributed by atoms with Crippen molar-refractivity contribution in [2.45, 2.75) is 25.7 Å². The molecule has 1 aliphatic rings. The molecule has 1 fully saturated rings. The largest absolute Gasteiger partial charge is 0.573 e. The molecule has 35 heavy (non-hydrogen) atoms. The molecule has 4 rings (SSSR count). The molecule has 0 unspecified atom stereocenters. The van der Waals surface area contributed by atoms with Crippen LogP contribution >= 0.6 is 0 Å². The summed E-state index contributed by atoms with van der Waals surface area (Å²) in [5.74, 6) is 0.434. The minimum absolute atomic E-state index is 0.0160. The number of halogens is 3. The number of nitrogens with one attached hydrogen (secondary N) is 2. The lowest BCUT2D eigenvalue weighted by Gasteiger charge is -2.23. The monoisotopic (exact) mass is 489 g/mol. The molecule has 0 bridgehead atoms. The second-order valence-electron chi connectivity index (χ2n) is 7.72. The molecule has 1 aliphatic heterocycles. The summed E-state index contributed by atoms with van der Waals surface area (Å²) in [6.45, 7) is 2.40. The van der Waals surface area contributed by atoms with Crippen LogP contribution in [0.15, 0.2) is 42.6 Å². The fraction of sp³-hybridized carbons (Fsp3) is 0.318. The highest BCUT2D eigenvalue weighted by atomic mass is 19.4. The summed E-state index contributed by atoms with van der Waals surface area (Å²) in [6.07, 6.45) is -2.53. The van der Waals surface area contributed by atoms with Gasteiger partial charge in [-0.2, -0.15) is 5.10 Å². The number of amides is 1. The summed E-state index contributed by atoms with van der Waals surface area (Å²) >= 11 is 0. The Balaban J connectivity index is 1.73. The second-order valence-corrected chi connectivity index (χ2v) is 7.72. The van der Waals surface area contributed by atoms with Gasteiger partial charge < -0.3 is 25.0 Å². The van der Waals surface area contributed by atoms with Crippen molar-refractivity contribution in [3.8, 4) is 22.6 Å². The molecule has 0 aliphatic carbocycles. The van der Waals surface area contributed by atoms with Crippen molar-refractivity contribution in [2.24, 2.45) is 0 Å². The van der Waals surface area contributed by atoms with Crippen LogP contribution in [0.4, 0.5) is 30.6 Å². The highest BCUT2D eigenvalue weighted by molar-refractivity contribution is 5.93. The number of methoxy groups -OCH3 is 1. The maximum Gasteiger partial charge on any atom is 0.573 e. The molecular formula is C22H22F3N7O3. The van der Waals surface area contributed by atoms with E-state index in [-0.39, 0.29) is 17.6 Å². The molecule has 3 heterocycles. The summed E-state index contributed by atoms with van der Waals surface area (Å²) in [6, 6.07) is 9.06. The van der Waals surface area contributed by atoms with Crippen LogP contribution in [-0.2, 0) is 4.79 Å².